The van der Waals surface area contributed by atoms with E-state index in [4.69, 9.17) is 5.11 Å². The Morgan fingerprint density at radius 1 is 0.926 bits per heavy atom. The van der Waals surface area contributed by atoms with E-state index in [9.17, 15) is 26.7 Å². The summed E-state index contributed by atoms with van der Waals surface area (Å²) in [6.45, 7) is -1.53. The minimum Gasteiger partial charge on any atom is -0.484 e. The highest BCUT2D eigenvalue weighted by Crippen LogP contribution is 2.32. The number of alkyl halides is 5. The molecule has 0 fully saturated rings. The van der Waals surface area contributed by atoms with Gasteiger partial charge in [-0.15, -0.1) is 0 Å². The molecule has 1 N–H and O–H groups in total. The quantitative estimate of drug-likeness (QED) is 0.544. The van der Waals surface area contributed by atoms with Crippen LogP contribution in [0.15, 0.2) is 54.6 Å². The van der Waals surface area contributed by atoms with E-state index in [1.807, 2.05) is 0 Å². The van der Waals surface area contributed by atoms with Gasteiger partial charge in [0.25, 0.3) is 0 Å². The fourth-order valence-electron chi connectivity index (χ4n) is 1.93. The summed E-state index contributed by atoms with van der Waals surface area (Å²) in [6, 6.07) is 9.01. The van der Waals surface area contributed by atoms with Crippen LogP contribution in [0, 0.1) is 0 Å². The Morgan fingerprint density at radius 2 is 1.48 bits per heavy atom. The van der Waals surface area contributed by atoms with E-state index in [0.717, 1.165) is 30.3 Å². The van der Waals surface area contributed by atoms with Crippen LogP contribution in [0.25, 0.3) is 6.08 Å². The van der Waals surface area contributed by atoms with E-state index in [2.05, 4.69) is 9.47 Å². The summed E-state index contributed by atoms with van der Waals surface area (Å²) < 4.78 is 73.6. The van der Waals surface area contributed by atoms with Crippen LogP contribution >= 0.6 is 0 Å². The van der Waals surface area contributed by atoms with Crippen molar-refractivity contribution in [3.8, 4) is 11.5 Å². The van der Waals surface area contributed by atoms with Crippen molar-refractivity contribution in [2.24, 2.45) is 0 Å². The van der Waals surface area contributed by atoms with Gasteiger partial charge in [-0.05, 0) is 48.0 Å². The Balaban J connectivity index is 2.04. The molecule has 144 valence electrons. The maximum atomic E-state index is 14.2. The lowest BCUT2D eigenvalue weighted by atomic mass is 10.2. The second-order valence-electron chi connectivity index (χ2n) is 5.29. The molecule has 0 aromatic heterocycles. The van der Waals surface area contributed by atoms with Crippen molar-refractivity contribution >= 4 is 12.0 Å². The van der Waals surface area contributed by atoms with Crippen LogP contribution in [0.1, 0.15) is 11.1 Å². The van der Waals surface area contributed by atoms with E-state index in [1.54, 1.807) is 0 Å². The Kier molecular flexibility index (Phi) is 6.04. The Bertz CT molecular complexity index is 796. The van der Waals surface area contributed by atoms with Crippen LogP contribution in [-0.4, -0.2) is 23.9 Å². The highest BCUT2D eigenvalue weighted by atomic mass is 19.4. The fraction of sp³-hybridized carbons (Fsp3) is 0.167. The molecule has 0 heterocycles. The summed E-state index contributed by atoms with van der Waals surface area (Å²) in [5.41, 5.74) is -0.101. The van der Waals surface area contributed by atoms with Crippen LogP contribution < -0.4 is 9.47 Å². The van der Waals surface area contributed by atoms with Crippen LogP contribution in [0.5, 0.6) is 11.5 Å². The van der Waals surface area contributed by atoms with Crippen molar-refractivity contribution in [2.45, 2.75) is 12.3 Å². The minimum absolute atomic E-state index is 0.176. The number of hydrogen-bond donors (Lipinski definition) is 1. The number of halogens is 5. The highest BCUT2D eigenvalue weighted by Gasteiger charge is 2.34. The van der Waals surface area contributed by atoms with Crippen molar-refractivity contribution in [2.75, 3.05) is 6.61 Å². The number of ether oxygens (including phenoxy) is 2. The van der Waals surface area contributed by atoms with Gasteiger partial charge >= 0.3 is 18.3 Å². The molecule has 2 rings (SSSR count). The van der Waals surface area contributed by atoms with Crippen molar-refractivity contribution in [1.82, 2.24) is 0 Å². The first-order valence-electron chi connectivity index (χ1n) is 7.43. The predicted molar refractivity (Wildman–Crippen MR) is 85.6 cm³/mol. The zero-order valence-corrected chi connectivity index (χ0v) is 13.5. The van der Waals surface area contributed by atoms with Gasteiger partial charge in [0.05, 0.1) is 5.56 Å². The van der Waals surface area contributed by atoms with Crippen LogP contribution in [0.4, 0.5) is 22.0 Å². The van der Waals surface area contributed by atoms with Gasteiger partial charge in [0.15, 0.2) is 6.61 Å². The van der Waals surface area contributed by atoms with Gasteiger partial charge in [-0.25, -0.2) is 4.79 Å². The molecule has 0 bridgehead atoms. The van der Waals surface area contributed by atoms with Gasteiger partial charge in [-0.1, -0.05) is 12.1 Å². The van der Waals surface area contributed by atoms with Crippen LogP contribution in [0.3, 0.4) is 0 Å². The predicted octanol–water partition coefficient (Wildman–Crippen LogP) is 4.85. The third kappa shape index (κ3) is 6.61. The largest absolute Gasteiger partial charge is 0.484 e. The summed E-state index contributed by atoms with van der Waals surface area (Å²) in [5.74, 6) is -1.53. The molecule has 0 atom stereocenters. The fourth-order valence-corrected chi connectivity index (χ4v) is 1.93. The lowest BCUT2D eigenvalue weighted by Crippen LogP contribution is -2.22. The van der Waals surface area contributed by atoms with Gasteiger partial charge in [0, 0.05) is 6.08 Å². The summed E-state index contributed by atoms with van der Waals surface area (Å²) in [7, 11) is 0. The number of aliphatic carboxylic acids is 1. The number of benzene rings is 2. The van der Waals surface area contributed by atoms with Gasteiger partial charge in [-0.2, -0.15) is 22.0 Å². The molecule has 27 heavy (non-hydrogen) atoms. The van der Waals surface area contributed by atoms with E-state index >= 15 is 0 Å². The monoisotopic (exact) mass is 388 g/mol. The molecule has 0 saturated carbocycles. The van der Waals surface area contributed by atoms with Gasteiger partial charge in [-0.3, -0.25) is 0 Å². The number of hydrogen-bond acceptors (Lipinski definition) is 3. The number of carbonyl (C=O) groups is 1. The van der Waals surface area contributed by atoms with Gasteiger partial charge in [0.2, 0.25) is 0 Å². The van der Waals surface area contributed by atoms with Gasteiger partial charge < -0.3 is 14.6 Å². The zero-order valence-electron chi connectivity index (χ0n) is 13.5. The molecular weight excluding hydrogens is 375 g/mol. The van der Waals surface area contributed by atoms with E-state index in [0.29, 0.717) is 5.56 Å². The van der Waals surface area contributed by atoms with E-state index < -0.39 is 30.4 Å². The second kappa shape index (κ2) is 8.07. The summed E-state index contributed by atoms with van der Waals surface area (Å²) in [4.78, 5) is 10.4. The lowest BCUT2D eigenvalue weighted by Gasteiger charge is -2.19. The average molecular weight is 388 g/mol. The van der Waals surface area contributed by atoms with Crippen molar-refractivity contribution in [1.29, 1.82) is 0 Å². The Hall–Kier alpha value is -3.10. The first kappa shape index (κ1) is 20.2. The number of carboxylic acids is 1. The smallest absolute Gasteiger partial charge is 0.426 e. The number of carboxylic acid groups (broad SMARTS) is 1. The van der Waals surface area contributed by atoms with Crippen molar-refractivity contribution in [3.05, 3.63) is 65.7 Å². The third-order valence-electron chi connectivity index (χ3n) is 3.14. The molecule has 0 spiro atoms. The minimum atomic E-state index is -4.53. The summed E-state index contributed by atoms with van der Waals surface area (Å²) >= 11 is 0. The van der Waals surface area contributed by atoms with Gasteiger partial charge in [0.1, 0.15) is 11.5 Å². The standard InChI is InChI=1S/C18H13F5O4/c19-17(20,21)11-26-14-8-4-13(5-9-14)18(22,23)27-15-6-1-12(2-7-15)3-10-16(24)25/h1-10H,11H2,(H,24,25). The molecule has 0 radical (unpaired) electrons. The summed E-state index contributed by atoms with van der Waals surface area (Å²) in [6.07, 6.45) is -6.09. The zero-order chi connectivity index (χ0) is 20.1. The average Bonchev–Trinajstić information content (AvgIpc) is 2.59. The molecule has 0 aliphatic carbocycles. The molecule has 2 aromatic carbocycles. The Labute approximate surface area is 150 Å². The van der Waals surface area contributed by atoms with Crippen LogP contribution in [-0.2, 0) is 10.9 Å². The molecule has 9 heteroatoms. The molecule has 4 nitrogen and oxygen atoms in total. The number of rotatable bonds is 7. The molecule has 0 aliphatic rings. The van der Waals surface area contributed by atoms with Crippen LogP contribution in [0.2, 0.25) is 0 Å². The Morgan fingerprint density at radius 3 is 2.00 bits per heavy atom. The molecular formula is C18H13F5O4. The van der Waals surface area contributed by atoms with Crippen molar-refractivity contribution in [3.63, 3.8) is 0 Å². The van der Waals surface area contributed by atoms with Crippen molar-refractivity contribution < 1.29 is 41.3 Å². The van der Waals surface area contributed by atoms with E-state index in [-0.39, 0.29) is 11.5 Å². The highest BCUT2D eigenvalue weighted by molar-refractivity contribution is 5.85. The molecule has 0 aliphatic heterocycles. The molecule has 0 amide bonds. The first-order valence-corrected chi connectivity index (χ1v) is 7.43. The lowest BCUT2D eigenvalue weighted by molar-refractivity contribution is -0.185. The van der Waals surface area contributed by atoms with E-state index in [1.165, 1.54) is 30.3 Å². The second-order valence-corrected chi connectivity index (χ2v) is 5.29. The maximum Gasteiger partial charge on any atom is 0.426 e. The first-order chi connectivity index (χ1) is 12.5. The SMILES string of the molecule is O=C(O)C=Cc1ccc(OC(F)(F)c2ccc(OCC(F)(F)F)cc2)cc1. The molecule has 0 unspecified atom stereocenters. The third-order valence-corrected chi connectivity index (χ3v) is 3.14. The normalized spacial score (nSPS) is 12.2. The summed E-state index contributed by atoms with van der Waals surface area (Å²) in [5, 5.41) is 8.53. The maximum absolute atomic E-state index is 14.2. The topological polar surface area (TPSA) is 55.8 Å². The molecule has 2 aromatic rings. The molecule has 0 saturated heterocycles.